The molecule has 0 aliphatic carbocycles. The van der Waals surface area contributed by atoms with Crippen molar-refractivity contribution in [3.8, 4) is 5.75 Å². The summed E-state index contributed by atoms with van der Waals surface area (Å²) in [5.41, 5.74) is 0.351. The number of carbonyl (C=O) groups excluding carboxylic acids is 1. The monoisotopic (exact) mass is 305 g/mol. The lowest BCUT2D eigenvalue weighted by atomic mass is 10.1. The highest BCUT2D eigenvalue weighted by molar-refractivity contribution is 5.77. The third-order valence-corrected chi connectivity index (χ3v) is 2.51. The second-order valence-electron chi connectivity index (χ2n) is 4.69. The molecule has 0 aliphatic heterocycles. The van der Waals surface area contributed by atoms with Crippen molar-refractivity contribution in [2.75, 3.05) is 13.7 Å². The van der Waals surface area contributed by atoms with E-state index in [1.165, 1.54) is 12.1 Å². The minimum atomic E-state index is -4.42. The van der Waals surface area contributed by atoms with Crippen LogP contribution < -0.4 is 10.1 Å². The van der Waals surface area contributed by atoms with E-state index < -0.39 is 24.7 Å². The molecular formula is C14H18F3NO3. The van der Waals surface area contributed by atoms with Gasteiger partial charge in [0.15, 0.2) is 0 Å². The molecule has 0 radical (unpaired) electrons. The summed E-state index contributed by atoms with van der Waals surface area (Å²) in [5, 5.41) is 2.15. The van der Waals surface area contributed by atoms with Crippen molar-refractivity contribution in [2.24, 2.45) is 0 Å². The zero-order chi connectivity index (χ0) is 16.0. The van der Waals surface area contributed by atoms with E-state index in [-0.39, 0.29) is 6.10 Å². The quantitative estimate of drug-likeness (QED) is 0.821. The molecule has 0 amide bonds. The van der Waals surface area contributed by atoms with Crippen molar-refractivity contribution < 1.29 is 27.4 Å². The first kappa shape index (κ1) is 17.3. The predicted molar refractivity (Wildman–Crippen MR) is 71.0 cm³/mol. The van der Waals surface area contributed by atoms with Gasteiger partial charge >= 0.3 is 12.1 Å². The molecule has 1 N–H and O–H groups in total. The summed E-state index contributed by atoms with van der Waals surface area (Å²) in [6, 6.07) is 5.13. The molecule has 0 bridgehead atoms. The molecule has 21 heavy (non-hydrogen) atoms. The number of rotatable bonds is 6. The van der Waals surface area contributed by atoms with Crippen LogP contribution in [0.5, 0.6) is 5.75 Å². The lowest BCUT2D eigenvalue weighted by molar-refractivity contribution is -0.146. The van der Waals surface area contributed by atoms with Gasteiger partial charge in [-0.05, 0) is 31.5 Å². The van der Waals surface area contributed by atoms with E-state index in [2.05, 4.69) is 10.1 Å². The van der Waals surface area contributed by atoms with E-state index in [4.69, 9.17) is 4.74 Å². The number of benzene rings is 1. The highest BCUT2D eigenvalue weighted by Gasteiger charge is 2.31. The van der Waals surface area contributed by atoms with Gasteiger partial charge in [-0.25, -0.2) is 4.79 Å². The zero-order valence-electron chi connectivity index (χ0n) is 12.0. The van der Waals surface area contributed by atoms with Gasteiger partial charge in [-0.1, -0.05) is 12.1 Å². The Morgan fingerprint density at radius 1 is 1.33 bits per heavy atom. The summed E-state index contributed by atoms with van der Waals surface area (Å²) >= 11 is 0. The summed E-state index contributed by atoms with van der Waals surface area (Å²) in [6.45, 7) is 2.36. The number of esters is 1. The minimum Gasteiger partial charge on any atom is -0.491 e. The van der Waals surface area contributed by atoms with E-state index in [1.807, 2.05) is 13.8 Å². The van der Waals surface area contributed by atoms with Crippen LogP contribution in [0.4, 0.5) is 13.2 Å². The molecule has 7 heteroatoms. The van der Waals surface area contributed by atoms with Crippen LogP contribution in [0, 0.1) is 0 Å². The SMILES string of the molecule is COC(=O)C(NCC(F)(F)F)c1cccc(OC(C)C)c1. The molecule has 4 nitrogen and oxygen atoms in total. The Bertz CT molecular complexity index is 475. The van der Waals surface area contributed by atoms with E-state index in [1.54, 1.807) is 12.1 Å². The topological polar surface area (TPSA) is 47.6 Å². The van der Waals surface area contributed by atoms with Gasteiger partial charge in [0.2, 0.25) is 0 Å². The summed E-state index contributed by atoms with van der Waals surface area (Å²) in [7, 11) is 1.12. The molecule has 1 aromatic rings. The fourth-order valence-corrected chi connectivity index (χ4v) is 1.71. The Morgan fingerprint density at radius 3 is 2.52 bits per heavy atom. The molecule has 1 atom stereocenters. The number of hydrogen-bond acceptors (Lipinski definition) is 4. The van der Waals surface area contributed by atoms with Gasteiger partial charge < -0.3 is 9.47 Å². The standard InChI is InChI=1S/C14H18F3NO3/c1-9(2)21-11-6-4-5-10(7-11)12(13(19)20-3)18-8-14(15,16)17/h4-7,9,12,18H,8H2,1-3H3. The number of methoxy groups -OCH3 is 1. The fourth-order valence-electron chi connectivity index (χ4n) is 1.71. The van der Waals surface area contributed by atoms with Crippen molar-refractivity contribution in [3.63, 3.8) is 0 Å². The molecule has 1 rings (SSSR count). The van der Waals surface area contributed by atoms with Crippen LogP contribution in [0.25, 0.3) is 0 Å². The maximum absolute atomic E-state index is 12.3. The van der Waals surface area contributed by atoms with Crippen molar-refractivity contribution in [1.82, 2.24) is 5.32 Å². The molecule has 0 aromatic heterocycles. The summed E-state index contributed by atoms with van der Waals surface area (Å²) in [6.07, 6.45) is -4.50. The maximum Gasteiger partial charge on any atom is 0.401 e. The van der Waals surface area contributed by atoms with Gasteiger partial charge in [-0.15, -0.1) is 0 Å². The Morgan fingerprint density at radius 2 is 2.00 bits per heavy atom. The van der Waals surface area contributed by atoms with Gasteiger partial charge in [-0.2, -0.15) is 13.2 Å². The van der Waals surface area contributed by atoms with Crippen LogP contribution in [0.3, 0.4) is 0 Å². The Labute approximate surface area is 121 Å². The molecule has 0 saturated heterocycles. The van der Waals surface area contributed by atoms with Gasteiger partial charge in [0.25, 0.3) is 0 Å². The first-order chi connectivity index (χ1) is 9.73. The normalized spacial score (nSPS) is 13.1. The van der Waals surface area contributed by atoms with Crippen LogP contribution in [0.2, 0.25) is 0 Å². The van der Waals surface area contributed by atoms with E-state index in [0.29, 0.717) is 11.3 Å². The second kappa shape index (κ2) is 7.31. The van der Waals surface area contributed by atoms with Crippen molar-refractivity contribution in [1.29, 1.82) is 0 Å². The third-order valence-electron chi connectivity index (χ3n) is 2.51. The number of alkyl halides is 3. The van der Waals surface area contributed by atoms with Crippen LogP contribution in [-0.4, -0.2) is 31.9 Å². The number of nitrogens with one attached hydrogen (secondary N) is 1. The lowest BCUT2D eigenvalue weighted by Gasteiger charge is -2.19. The predicted octanol–water partition coefficient (Wildman–Crippen LogP) is 2.84. The van der Waals surface area contributed by atoms with Gasteiger partial charge in [0, 0.05) is 0 Å². The molecular weight excluding hydrogens is 287 g/mol. The molecule has 0 spiro atoms. The number of hydrogen-bond donors (Lipinski definition) is 1. The van der Waals surface area contributed by atoms with E-state index in [9.17, 15) is 18.0 Å². The van der Waals surface area contributed by atoms with Gasteiger partial charge in [0.05, 0.1) is 19.8 Å². The van der Waals surface area contributed by atoms with Crippen molar-refractivity contribution in [2.45, 2.75) is 32.2 Å². The van der Waals surface area contributed by atoms with Crippen LogP contribution in [0.15, 0.2) is 24.3 Å². The molecule has 0 fully saturated rings. The summed E-state index contributed by atoms with van der Waals surface area (Å²) in [4.78, 5) is 11.7. The first-order valence-corrected chi connectivity index (χ1v) is 6.37. The number of ether oxygens (including phenoxy) is 2. The molecule has 1 aromatic carbocycles. The Balaban J connectivity index is 2.94. The highest BCUT2D eigenvalue weighted by atomic mass is 19.4. The Hall–Kier alpha value is -1.76. The second-order valence-corrected chi connectivity index (χ2v) is 4.69. The number of carbonyl (C=O) groups is 1. The maximum atomic E-state index is 12.3. The molecule has 0 aliphatic rings. The Kier molecular flexibility index (Phi) is 6.02. The molecule has 0 saturated carbocycles. The average Bonchev–Trinajstić information content (AvgIpc) is 2.37. The summed E-state index contributed by atoms with van der Waals surface area (Å²) < 4.78 is 46.9. The van der Waals surface area contributed by atoms with Crippen molar-refractivity contribution in [3.05, 3.63) is 29.8 Å². The third kappa shape index (κ3) is 6.03. The van der Waals surface area contributed by atoms with Crippen LogP contribution in [-0.2, 0) is 9.53 Å². The van der Waals surface area contributed by atoms with Crippen LogP contribution >= 0.6 is 0 Å². The zero-order valence-corrected chi connectivity index (χ0v) is 12.0. The van der Waals surface area contributed by atoms with Crippen LogP contribution in [0.1, 0.15) is 25.5 Å². The molecule has 0 heterocycles. The average molecular weight is 305 g/mol. The minimum absolute atomic E-state index is 0.0834. The molecule has 118 valence electrons. The summed E-state index contributed by atoms with van der Waals surface area (Å²) in [5.74, 6) is -0.314. The molecule has 1 unspecified atom stereocenters. The largest absolute Gasteiger partial charge is 0.491 e. The smallest absolute Gasteiger partial charge is 0.401 e. The fraction of sp³-hybridized carbons (Fsp3) is 0.500. The van der Waals surface area contributed by atoms with E-state index >= 15 is 0 Å². The lowest BCUT2D eigenvalue weighted by Crippen LogP contribution is -2.36. The van der Waals surface area contributed by atoms with E-state index in [0.717, 1.165) is 7.11 Å². The van der Waals surface area contributed by atoms with Gasteiger partial charge in [-0.3, -0.25) is 5.32 Å². The first-order valence-electron chi connectivity index (χ1n) is 6.37. The van der Waals surface area contributed by atoms with Crippen molar-refractivity contribution >= 4 is 5.97 Å². The highest BCUT2D eigenvalue weighted by Crippen LogP contribution is 2.23. The number of halogens is 3. The van der Waals surface area contributed by atoms with Gasteiger partial charge in [0.1, 0.15) is 11.8 Å².